The van der Waals surface area contributed by atoms with Gasteiger partial charge in [-0.3, -0.25) is 4.79 Å². The first-order valence-electron chi connectivity index (χ1n) is 12.9. The molecule has 0 unspecified atom stereocenters. The first kappa shape index (κ1) is 31.9. The van der Waals surface area contributed by atoms with Crippen molar-refractivity contribution in [3.05, 3.63) is 62.2 Å². The molecule has 1 aromatic heterocycles. The molecule has 220 valence electrons. The van der Waals surface area contributed by atoms with E-state index >= 15 is 0 Å². The molecule has 1 amide bonds. The van der Waals surface area contributed by atoms with Crippen LogP contribution in [0.1, 0.15) is 44.4 Å². The first-order chi connectivity index (χ1) is 18.7. The molecule has 4 N–H and O–H groups in total. The topological polar surface area (TPSA) is 149 Å². The van der Waals surface area contributed by atoms with Crippen molar-refractivity contribution in [3.63, 3.8) is 0 Å². The van der Waals surface area contributed by atoms with Gasteiger partial charge in [0.15, 0.2) is 9.84 Å². The molecule has 0 bridgehead atoms. The molecule has 40 heavy (non-hydrogen) atoms. The number of rotatable bonds is 13. The molecule has 0 spiro atoms. The normalized spacial score (nSPS) is 12.9. The number of aromatic amines is 1. The van der Waals surface area contributed by atoms with E-state index in [1.165, 1.54) is 17.0 Å². The number of hydrogen-bond donors (Lipinski definition) is 4. The summed E-state index contributed by atoms with van der Waals surface area (Å²) < 4.78 is 31.2. The van der Waals surface area contributed by atoms with E-state index in [1.807, 2.05) is 18.2 Å². The van der Waals surface area contributed by atoms with Crippen molar-refractivity contribution in [1.29, 1.82) is 0 Å². The zero-order valence-electron chi connectivity index (χ0n) is 22.8. The highest BCUT2D eigenvalue weighted by molar-refractivity contribution is 7.91. The lowest BCUT2D eigenvalue weighted by atomic mass is 10.1. The molecule has 0 aliphatic carbocycles. The van der Waals surface area contributed by atoms with Gasteiger partial charge in [0, 0.05) is 36.8 Å². The second-order valence-electron chi connectivity index (χ2n) is 10.5. The van der Waals surface area contributed by atoms with Crippen molar-refractivity contribution < 1.29 is 28.2 Å². The third-order valence-electron chi connectivity index (χ3n) is 5.97. The summed E-state index contributed by atoms with van der Waals surface area (Å²) in [5.41, 5.74) is 1.01. The van der Waals surface area contributed by atoms with Crippen molar-refractivity contribution in [1.82, 2.24) is 15.2 Å². The number of fused-ring (bicyclic) bond motifs is 1. The van der Waals surface area contributed by atoms with Crippen LogP contribution in [0.4, 0.5) is 4.79 Å². The number of aromatic nitrogens is 1. The maximum atomic E-state index is 12.8. The minimum atomic E-state index is -3.43. The Kier molecular flexibility index (Phi) is 11.0. The lowest BCUT2D eigenvalue weighted by Crippen LogP contribution is -2.39. The van der Waals surface area contributed by atoms with E-state index in [1.54, 1.807) is 26.8 Å². The molecule has 0 fully saturated rings. The molecule has 13 heteroatoms. The molecule has 2 aromatic carbocycles. The molecule has 0 aliphatic rings. The summed E-state index contributed by atoms with van der Waals surface area (Å²) in [6.07, 6.45) is -0.707. The minimum absolute atomic E-state index is 0.0669. The molecule has 1 heterocycles. The average molecular weight is 614 g/mol. The van der Waals surface area contributed by atoms with Gasteiger partial charge in [-0.05, 0) is 57.4 Å². The zero-order chi connectivity index (χ0) is 29.5. The number of ether oxygens (including phenoxy) is 1. The number of nitrogens with zero attached hydrogens (tertiary/aromatic N) is 1. The molecule has 1 atom stereocenters. The Labute approximate surface area is 242 Å². The molecule has 10 nitrogen and oxygen atoms in total. The number of nitrogens with one attached hydrogen (secondary N) is 2. The van der Waals surface area contributed by atoms with Crippen LogP contribution in [-0.2, 0) is 21.0 Å². The van der Waals surface area contributed by atoms with Gasteiger partial charge in [0.25, 0.3) is 0 Å². The molecule has 0 saturated heterocycles. The number of aliphatic hydroxyl groups excluding tert-OH is 1. The molecular formula is C27H36ClN3O7S2. The summed E-state index contributed by atoms with van der Waals surface area (Å²) in [7, 11) is -3.43. The van der Waals surface area contributed by atoms with Crippen molar-refractivity contribution in [2.45, 2.75) is 45.3 Å². The minimum Gasteiger partial charge on any atom is -0.506 e. The number of hydrogen-bond acceptors (Lipinski definition) is 9. The number of benzene rings is 2. The third-order valence-corrected chi connectivity index (χ3v) is 8.87. The molecular weight excluding hydrogens is 578 g/mol. The van der Waals surface area contributed by atoms with Gasteiger partial charge in [-0.1, -0.05) is 41.1 Å². The average Bonchev–Trinajstić information content (AvgIpc) is 3.25. The number of thiazole rings is 1. The number of sulfone groups is 1. The van der Waals surface area contributed by atoms with Crippen LogP contribution in [0.25, 0.3) is 10.2 Å². The van der Waals surface area contributed by atoms with Crippen molar-refractivity contribution in [2.24, 2.45) is 0 Å². The number of aromatic hydroxyl groups is 1. The summed E-state index contributed by atoms with van der Waals surface area (Å²) in [5.74, 6) is -0.334. The predicted octanol–water partition coefficient (Wildman–Crippen LogP) is 3.86. The second kappa shape index (κ2) is 13.8. The Bertz CT molecular complexity index is 1460. The van der Waals surface area contributed by atoms with E-state index in [4.69, 9.17) is 16.3 Å². The molecule has 0 aliphatic heterocycles. The fourth-order valence-corrected chi connectivity index (χ4v) is 6.39. The number of aliphatic hydroxyl groups is 1. The van der Waals surface area contributed by atoms with Gasteiger partial charge in [0.1, 0.15) is 16.9 Å². The molecule has 0 radical (unpaired) electrons. The van der Waals surface area contributed by atoms with Gasteiger partial charge in [-0.25, -0.2) is 13.2 Å². The Hall–Kier alpha value is -2.64. The second-order valence-corrected chi connectivity index (χ2v) is 14.2. The van der Waals surface area contributed by atoms with Crippen LogP contribution in [0, 0.1) is 0 Å². The largest absolute Gasteiger partial charge is 0.506 e. The number of phenolic OH excluding ortho intramolecular Hbond substituents is 1. The lowest BCUT2D eigenvalue weighted by molar-refractivity contribution is 0.0252. The highest BCUT2D eigenvalue weighted by Gasteiger charge is 2.23. The smallest absolute Gasteiger partial charge is 0.410 e. The van der Waals surface area contributed by atoms with Gasteiger partial charge in [0.05, 0.1) is 22.3 Å². The van der Waals surface area contributed by atoms with E-state index in [9.17, 15) is 28.2 Å². The van der Waals surface area contributed by atoms with E-state index in [0.717, 1.165) is 16.9 Å². The van der Waals surface area contributed by atoms with Crippen molar-refractivity contribution >= 4 is 49.1 Å². The van der Waals surface area contributed by atoms with E-state index in [0.29, 0.717) is 28.3 Å². The number of phenols is 1. The van der Waals surface area contributed by atoms with Gasteiger partial charge in [-0.2, -0.15) is 0 Å². The number of halogens is 1. The van der Waals surface area contributed by atoms with Crippen LogP contribution in [0.5, 0.6) is 5.75 Å². The van der Waals surface area contributed by atoms with Crippen molar-refractivity contribution in [2.75, 3.05) is 37.7 Å². The van der Waals surface area contributed by atoms with Crippen LogP contribution in [0.3, 0.4) is 0 Å². The maximum Gasteiger partial charge on any atom is 0.410 e. The van der Waals surface area contributed by atoms with Gasteiger partial charge in [0.2, 0.25) is 0 Å². The summed E-state index contributed by atoms with van der Waals surface area (Å²) in [6, 6.07) is 10.3. The Morgan fingerprint density at radius 3 is 2.65 bits per heavy atom. The van der Waals surface area contributed by atoms with Crippen LogP contribution in [0.2, 0.25) is 5.02 Å². The summed E-state index contributed by atoms with van der Waals surface area (Å²) >= 11 is 6.95. The summed E-state index contributed by atoms with van der Waals surface area (Å²) in [4.78, 5) is 28.1. The fourth-order valence-electron chi connectivity index (χ4n) is 4.03. The van der Waals surface area contributed by atoms with Gasteiger partial charge >= 0.3 is 11.0 Å². The highest BCUT2D eigenvalue weighted by Crippen LogP contribution is 2.31. The Morgan fingerprint density at radius 1 is 1.20 bits per heavy atom. The van der Waals surface area contributed by atoms with Crippen molar-refractivity contribution in [3.8, 4) is 5.75 Å². The third kappa shape index (κ3) is 9.77. The van der Waals surface area contributed by atoms with Gasteiger partial charge < -0.3 is 30.2 Å². The predicted molar refractivity (Wildman–Crippen MR) is 158 cm³/mol. The molecule has 3 rings (SSSR count). The quantitative estimate of drug-likeness (QED) is 0.212. The SMILES string of the molecule is CC(C)(C)OC(=O)N(CCCS(=O)(=O)CCNC[C@H](O)c1ccc(O)c2[nH]c(=O)sc12)CCc1cccc(Cl)c1. The first-order valence-corrected chi connectivity index (χ1v) is 15.9. The number of H-pyrrole nitrogens is 1. The lowest BCUT2D eigenvalue weighted by Gasteiger charge is -2.27. The van der Waals surface area contributed by atoms with Crippen LogP contribution >= 0.6 is 22.9 Å². The van der Waals surface area contributed by atoms with E-state index in [2.05, 4.69) is 10.3 Å². The monoisotopic (exact) mass is 613 g/mol. The zero-order valence-corrected chi connectivity index (χ0v) is 25.2. The Morgan fingerprint density at radius 2 is 1.95 bits per heavy atom. The summed E-state index contributed by atoms with van der Waals surface area (Å²) in [6.45, 7) is 6.09. The number of amides is 1. The van der Waals surface area contributed by atoms with Gasteiger partial charge in [-0.15, -0.1) is 0 Å². The van der Waals surface area contributed by atoms with E-state index in [-0.39, 0.29) is 53.7 Å². The number of carbonyl (C=O) groups is 1. The Balaban J connectivity index is 1.48. The van der Waals surface area contributed by atoms with Crippen LogP contribution in [0.15, 0.2) is 41.2 Å². The standard InChI is InChI=1S/C27H36ClN3O7S2/c1-27(2,3)38-26(35)31(13-10-18-6-4-7-19(28)16-18)12-5-14-40(36,37)15-11-29-17-22(33)20-8-9-21(32)23-24(20)39-25(34)30-23/h4,6-9,16,22,29,32-33H,5,10-15,17H2,1-3H3,(H,30,34)/t22-/m0/s1. The highest BCUT2D eigenvalue weighted by atomic mass is 35.5. The van der Waals surface area contributed by atoms with Crippen LogP contribution < -0.4 is 10.2 Å². The maximum absolute atomic E-state index is 12.8. The number of carbonyl (C=O) groups excluding carboxylic acids is 1. The van der Waals surface area contributed by atoms with E-state index < -0.39 is 27.6 Å². The fraction of sp³-hybridized carbons (Fsp3) is 0.481. The van der Waals surface area contributed by atoms with Crippen LogP contribution in [-0.4, -0.2) is 77.9 Å². The molecule has 0 saturated carbocycles. The molecule has 3 aromatic rings. The summed E-state index contributed by atoms with van der Waals surface area (Å²) in [5, 5.41) is 24.0.